The third-order valence-corrected chi connectivity index (χ3v) is 5.60. The molecular formula is C20H20ClN3O4S. The number of ether oxygens (including phenoxy) is 2. The first kappa shape index (κ1) is 21.0. The molecule has 0 saturated heterocycles. The molecule has 9 heteroatoms. The monoisotopic (exact) mass is 433 g/mol. The van der Waals surface area contributed by atoms with Gasteiger partial charge in [-0.3, -0.25) is 14.2 Å². The molecule has 0 saturated carbocycles. The number of halogens is 1. The Kier molecular flexibility index (Phi) is 6.34. The molecule has 0 atom stereocenters. The number of aryl methyl sites for hydroxylation is 1. The largest absolute Gasteiger partial charge is 0.495 e. The molecule has 0 bridgehead atoms. The van der Waals surface area contributed by atoms with Crippen molar-refractivity contribution in [3.8, 4) is 11.5 Å². The van der Waals surface area contributed by atoms with Gasteiger partial charge in [-0.15, -0.1) is 0 Å². The number of carbonyl (C=O) groups excluding carboxylic acids is 1. The lowest BCUT2D eigenvalue weighted by molar-refractivity contribution is -0.113. The maximum absolute atomic E-state index is 12.6. The Morgan fingerprint density at radius 3 is 2.62 bits per heavy atom. The van der Waals surface area contributed by atoms with Crippen molar-refractivity contribution >= 4 is 45.9 Å². The summed E-state index contributed by atoms with van der Waals surface area (Å²) in [7, 11) is 4.62. The van der Waals surface area contributed by atoms with Gasteiger partial charge in [-0.05, 0) is 19.1 Å². The van der Waals surface area contributed by atoms with Crippen molar-refractivity contribution in [2.45, 2.75) is 12.1 Å². The van der Waals surface area contributed by atoms with E-state index < -0.39 is 0 Å². The molecule has 152 valence electrons. The first-order valence-electron chi connectivity index (χ1n) is 8.65. The van der Waals surface area contributed by atoms with Crippen LogP contribution < -0.4 is 20.3 Å². The Morgan fingerprint density at radius 1 is 1.21 bits per heavy atom. The second-order valence-corrected chi connectivity index (χ2v) is 7.65. The van der Waals surface area contributed by atoms with Crippen molar-refractivity contribution in [1.82, 2.24) is 9.55 Å². The van der Waals surface area contributed by atoms with Gasteiger partial charge in [-0.25, -0.2) is 4.98 Å². The van der Waals surface area contributed by atoms with E-state index in [9.17, 15) is 9.59 Å². The molecule has 0 unspecified atom stereocenters. The van der Waals surface area contributed by atoms with Crippen LogP contribution >= 0.6 is 23.4 Å². The first-order chi connectivity index (χ1) is 13.8. The van der Waals surface area contributed by atoms with Gasteiger partial charge in [0.1, 0.15) is 11.5 Å². The van der Waals surface area contributed by atoms with Gasteiger partial charge in [0.2, 0.25) is 5.91 Å². The summed E-state index contributed by atoms with van der Waals surface area (Å²) in [4.78, 5) is 29.6. The van der Waals surface area contributed by atoms with Crippen molar-refractivity contribution in [3.63, 3.8) is 0 Å². The molecule has 0 aliphatic heterocycles. The van der Waals surface area contributed by atoms with Gasteiger partial charge >= 0.3 is 0 Å². The quantitative estimate of drug-likeness (QED) is 0.472. The summed E-state index contributed by atoms with van der Waals surface area (Å²) in [6.45, 7) is 1.92. The van der Waals surface area contributed by atoms with Crippen molar-refractivity contribution in [2.24, 2.45) is 7.05 Å². The van der Waals surface area contributed by atoms with E-state index in [1.165, 1.54) is 30.5 Å². The standard InChI is InChI=1S/C20H20ClN3O4S/c1-11-5-6-14-12(7-11)19(26)24(2)20(23-14)29-10-18(25)22-15-9-16(27-3)13(21)8-17(15)28-4/h5-9H,10H2,1-4H3,(H,22,25). The Balaban J connectivity index is 1.79. The van der Waals surface area contributed by atoms with Gasteiger partial charge in [-0.2, -0.15) is 0 Å². The Morgan fingerprint density at radius 2 is 1.93 bits per heavy atom. The normalized spacial score (nSPS) is 10.8. The zero-order chi connectivity index (χ0) is 21.1. The van der Waals surface area contributed by atoms with E-state index in [1.807, 2.05) is 19.1 Å². The third-order valence-electron chi connectivity index (χ3n) is 4.27. The lowest BCUT2D eigenvalue weighted by Crippen LogP contribution is -2.21. The van der Waals surface area contributed by atoms with Crippen LogP contribution in [0.15, 0.2) is 40.3 Å². The fraction of sp³-hybridized carbons (Fsp3) is 0.250. The van der Waals surface area contributed by atoms with E-state index in [1.54, 1.807) is 25.2 Å². The van der Waals surface area contributed by atoms with Crippen LogP contribution in [0.3, 0.4) is 0 Å². The third kappa shape index (κ3) is 4.49. The number of fused-ring (bicyclic) bond motifs is 1. The van der Waals surface area contributed by atoms with Gasteiger partial charge in [-0.1, -0.05) is 35.0 Å². The zero-order valence-electron chi connectivity index (χ0n) is 16.4. The molecule has 0 spiro atoms. The van der Waals surface area contributed by atoms with Gasteiger partial charge < -0.3 is 14.8 Å². The molecule has 0 aliphatic carbocycles. The van der Waals surface area contributed by atoms with Crippen LogP contribution in [0.2, 0.25) is 5.02 Å². The molecule has 0 radical (unpaired) electrons. The van der Waals surface area contributed by atoms with Crippen LogP contribution in [-0.4, -0.2) is 35.4 Å². The van der Waals surface area contributed by atoms with Crippen molar-refractivity contribution in [2.75, 3.05) is 25.3 Å². The summed E-state index contributed by atoms with van der Waals surface area (Å²) in [6, 6.07) is 8.68. The average Bonchev–Trinajstić information content (AvgIpc) is 2.71. The predicted octanol–water partition coefficient (Wildman–Crippen LogP) is 3.64. The topological polar surface area (TPSA) is 82.5 Å². The Labute approximate surface area is 177 Å². The summed E-state index contributed by atoms with van der Waals surface area (Å²) >= 11 is 7.26. The fourth-order valence-electron chi connectivity index (χ4n) is 2.77. The zero-order valence-corrected chi connectivity index (χ0v) is 18.0. The van der Waals surface area contributed by atoms with Crippen LogP contribution in [-0.2, 0) is 11.8 Å². The van der Waals surface area contributed by atoms with Gasteiger partial charge in [0, 0.05) is 19.2 Å². The number of methoxy groups -OCH3 is 2. The summed E-state index contributed by atoms with van der Waals surface area (Å²) < 4.78 is 11.9. The number of rotatable bonds is 6. The maximum Gasteiger partial charge on any atom is 0.261 e. The smallest absolute Gasteiger partial charge is 0.261 e. The Bertz CT molecular complexity index is 1150. The average molecular weight is 434 g/mol. The van der Waals surface area contributed by atoms with Crippen LogP contribution in [0.4, 0.5) is 5.69 Å². The van der Waals surface area contributed by atoms with E-state index in [4.69, 9.17) is 21.1 Å². The number of benzene rings is 2. The summed E-state index contributed by atoms with van der Waals surface area (Å²) in [5, 5.41) is 4.17. The summed E-state index contributed by atoms with van der Waals surface area (Å²) in [5.41, 5.74) is 1.88. The molecule has 2 aromatic carbocycles. The molecule has 1 aromatic heterocycles. The van der Waals surface area contributed by atoms with Crippen LogP contribution in [0.5, 0.6) is 11.5 Å². The van der Waals surface area contributed by atoms with Gasteiger partial charge in [0.15, 0.2) is 5.16 Å². The summed E-state index contributed by atoms with van der Waals surface area (Å²) in [5.74, 6) is 0.618. The number of hydrogen-bond donors (Lipinski definition) is 1. The van der Waals surface area contributed by atoms with Crippen LogP contribution in [0, 0.1) is 6.92 Å². The minimum absolute atomic E-state index is 0.0613. The number of aromatic nitrogens is 2. The van der Waals surface area contributed by atoms with E-state index in [2.05, 4.69) is 10.3 Å². The maximum atomic E-state index is 12.6. The Hall–Kier alpha value is -2.71. The fourth-order valence-corrected chi connectivity index (χ4v) is 3.77. The second-order valence-electron chi connectivity index (χ2n) is 6.30. The molecule has 1 N–H and O–H groups in total. The number of thioether (sulfide) groups is 1. The molecule has 0 aliphatic rings. The lowest BCUT2D eigenvalue weighted by atomic mass is 10.2. The number of anilines is 1. The molecule has 29 heavy (non-hydrogen) atoms. The van der Waals surface area contributed by atoms with E-state index in [0.717, 1.165) is 5.56 Å². The highest BCUT2D eigenvalue weighted by Gasteiger charge is 2.15. The van der Waals surface area contributed by atoms with E-state index >= 15 is 0 Å². The molecule has 1 amide bonds. The molecule has 0 fully saturated rings. The SMILES string of the molecule is COc1cc(NC(=O)CSc2nc3ccc(C)cc3c(=O)n2C)c(OC)cc1Cl. The van der Waals surface area contributed by atoms with Crippen LogP contribution in [0.1, 0.15) is 5.56 Å². The molecule has 1 heterocycles. The molecule has 3 rings (SSSR count). The van der Waals surface area contributed by atoms with Gasteiger partial charge in [0.05, 0.1) is 41.6 Å². The first-order valence-corrected chi connectivity index (χ1v) is 10.0. The summed E-state index contributed by atoms with van der Waals surface area (Å²) in [6.07, 6.45) is 0. The minimum Gasteiger partial charge on any atom is -0.495 e. The van der Waals surface area contributed by atoms with Gasteiger partial charge in [0.25, 0.3) is 5.56 Å². The number of carbonyl (C=O) groups is 1. The highest BCUT2D eigenvalue weighted by molar-refractivity contribution is 7.99. The predicted molar refractivity (Wildman–Crippen MR) is 116 cm³/mol. The molecule has 3 aromatic rings. The second kappa shape index (κ2) is 8.75. The van der Waals surface area contributed by atoms with Crippen molar-refractivity contribution < 1.29 is 14.3 Å². The molecular weight excluding hydrogens is 414 g/mol. The minimum atomic E-state index is -0.282. The van der Waals surface area contributed by atoms with Crippen molar-refractivity contribution in [1.29, 1.82) is 0 Å². The van der Waals surface area contributed by atoms with E-state index in [-0.39, 0.29) is 17.2 Å². The number of nitrogens with zero attached hydrogens (tertiary/aromatic N) is 2. The highest BCUT2D eigenvalue weighted by Crippen LogP contribution is 2.36. The number of nitrogens with one attached hydrogen (secondary N) is 1. The van der Waals surface area contributed by atoms with E-state index in [0.29, 0.717) is 38.3 Å². The van der Waals surface area contributed by atoms with Crippen molar-refractivity contribution in [3.05, 3.63) is 51.3 Å². The number of amides is 1. The highest BCUT2D eigenvalue weighted by atomic mass is 35.5. The van der Waals surface area contributed by atoms with Crippen LogP contribution in [0.25, 0.3) is 10.9 Å². The lowest BCUT2D eigenvalue weighted by Gasteiger charge is -2.13. The number of hydrogen-bond acceptors (Lipinski definition) is 6. The molecule has 7 nitrogen and oxygen atoms in total.